The molecule has 1 aliphatic heterocycles. The molecular weight excluding hydrogens is 325 g/mol. The maximum atomic E-state index is 13.0. The molecular formula is C20H17F3N2. The molecule has 128 valence electrons. The molecule has 1 N–H and O–H groups in total. The second-order valence-electron chi connectivity index (χ2n) is 6.54. The summed E-state index contributed by atoms with van der Waals surface area (Å²) < 4.78 is 39.1. The topological polar surface area (TPSA) is 19.0 Å². The van der Waals surface area contributed by atoms with Crippen LogP contribution in [0.3, 0.4) is 0 Å². The number of H-pyrrole nitrogens is 1. The second-order valence-corrected chi connectivity index (χ2v) is 6.54. The van der Waals surface area contributed by atoms with Crippen molar-refractivity contribution in [2.45, 2.75) is 13.1 Å². The molecule has 0 saturated heterocycles. The molecule has 0 atom stereocenters. The summed E-state index contributed by atoms with van der Waals surface area (Å²) in [6.45, 7) is 2.59. The SMILES string of the molecule is Cc1ccc2[nH]c3c(c2c1)C=C(c1cccc(C(F)(F)F)c1)CN3C. The van der Waals surface area contributed by atoms with E-state index in [2.05, 4.69) is 11.1 Å². The van der Waals surface area contributed by atoms with Crippen LogP contribution in [-0.2, 0) is 6.18 Å². The van der Waals surface area contributed by atoms with E-state index in [1.165, 1.54) is 12.1 Å². The average Bonchev–Trinajstić information content (AvgIpc) is 2.93. The molecule has 0 radical (unpaired) electrons. The fourth-order valence-electron chi connectivity index (χ4n) is 3.38. The minimum absolute atomic E-state index is 0.556. The van der Waals surface area contributed by atoms with Crippen LogP contribution in [0.1, 0.15) is 22.3 Å². The standard InChI is InChI=1S/C20H17F3N2/c1-12-6-7-18-16(8-12)17-10-14(11-25(2)19(17)24-18)13-4-3-5-15(9-13)20(21,22)23/h3-10,24H,11H2,1-2H3. The smallest absolute Gasteiger partial charge is 0.356 e. The lowest BCUT2D eigenvalue weighted by Gasteiger charge is -2.25. The molecule has 25 heavy (non-hydrogen) atoms. The van der Waals surface area contributed by atoms with E-state index in [4.69, 9.17) is 0 Å². The van der Waals surface area contributed by atoms with Crippen molar-refractivity contribution in [3.8, 4) is 0 Å². The van der Waals surface area contributed by atoms with Crippen molar-refractivity contribution in [1.29, 1.82) is 0 Å². The minimum Gasteiger partial charge on any atom is -0.356 e. The predicted octanol–water partition coefficient (Wildman–Crippen LogP) is 5.49. The van der Waals surface area contributed by atoms with Gasteiger partial charge >= 0.3 is 6.18 Å². The summed E-state index contributed by atoms with van der Waals surface area (Å²) in [7, 11) is 1.95. The molecule has 4 rings (SSSR count). The van der Waals surface area contributed by atoms with Crippen molar-refractivity contribution in [2.24, 2.45) is 0 Å². The first-order valence-corrected chi connectivity index (χ1v) is 8.04. The van der Waals surface area contributed by atoms with Gasteiger partial charge in [-0.2, -0.15) is 13.2 Å². The Bertz CT molecular complexity index is 996. The first-order chi connectivity index (χ1) is 11.8. The Hall–Kier alpha value is -2.69. The van der Waals surface area contributed by atoms with Crippen LogP contribution in [0.2, 0.25) is 0 Å². The highest BCUT2D eigenvalue weighted by Crippen LogP contribution is 2.38. The Balaban J connectivity index is 1.87. The normalized spacial score (nSPS) is 14.6. The maximum Gasteiger partial charge on any atom is 0.416 e. The van der Waals surface area contributed by atoms with Crippen LogP contribution in [0.4, 0.5) is 19.0 Å². The molecule has 0 saturated carbocycles. The zero-order chi connectivity index (χ0) is 17.8. The summed E-state index contributed by atoms with van der Waals surface area (Å²) in [6.07, 6.45) is -2.33. The molecule has 1 aromatic heterocycles. The zero-order valence-electron chi connectivity index (χ0n) is 13.9. The number of nitrogens with zero attached hydrogens (tertiary/aromatic N) is 1. The maximum absolute atomic E-state index is 13.0. The molecule has 3 aromatic rings. The monoisotopic (exact) mass is 342 g/mol. The van der Waals surface area contributed by atoms with Crippen molar-refractivity contribution < 1.29 is 13.2 Å². The molecule has 2 heterocycles. The molecule has 0 aliphatic carbocycles. The van der Waals surface area contributed by atoms with Gasteiger partial charge in [0.25, 0.3) is 0 Å². The number of aromatic amines is 1. The van der Waals surface area contributed by atoms with E-state index >= 15 is 0 Å². The minimum atomic E-state index is -4.33. The molecule has 2 nitrogen and oxygen atoms in total. The van der Waals surface area contributed by atoms with Crippen molar-refractivity contribution in [3.63, 3.8) is 0 Å². The van der Waals surface area contributed by atoms with Crippen LogP contribution in [0.5, 0.6) is 0 Å². The van der Waals surface area contributed by atoms with Crippen LogP contribution in [0, 0.1) is 6.92 Å². The van der Waals surface area contributed by atoms with Crippen molar-refractivity contribution in [1.82, 2.24) is 4.98 Å². The van der Waals surface area contributed by atoms with Gasteiger partial charge in [0.05, 0.1) is 5.56 Å². The summed E-state index contributed by atoms with van der Waals surface area (Å²) >= 11 is 0. The number of aryl methyl sites for hydroxylation is 1. The number of hydrogen-bond donors (Lipinski definition) is 1. The lowest BCUT2D eigenvalue weighted by atomic mass is 9.97. The fraction of sp³-hybridized carbons (Fsp3) is 0.200. The fourth-order valence-corrected chi connectivity index (χ4v) is 3.38. The van der Waals surface area contributed by atoms with E-state index in [0.717, 1.165) is 39.5 Å². The third kappa shape index (κ3) is 2.69. The number of anilines is 1. The van der Waals surface area contributed by atoms with Crippen LogP contribution in [0.25, 0.3) is 22.6 Å². The summed E-state index contributed by atoms with van der Waals surface area (Å²) in [5.41, 5.74) is 4.08. The van der Waals surface area contributed by atoms with Crippen molar-refractivity contribution in [3.05, 3.63) is 64.7 Å². The molecule has 2 aromatic carbocycles. The van der Waals surface area contributed by atoms with Crippen LogP contribution in [0.15, 0.2) is 42.5 Å². The third-order valence-electron chi connectivity index (χ3n) is 4.64. The quantitative estimate of drug-likeness (QED) is 0.620. The first kappa shape index (κ1) is 15.8. The van der Waals surface area contributed by atoms with Crippen LogP contribution < -0.4 is 4.90 Å². The molecule has 1 aliphatic rings. The Labute approximate surface area is 143 Å². The lowest BCUT2D eigenvalue weighted by molar-refractivity contribution is -0.137. The van der Waals surface area contributed by atoms with Gasteiger partial charge in [0.1, 0.15) is 5.82 Å². The number of aromatic nitrogens is 1. The Kier molecular flexibility index (Phi) is 3.42. The van der Waals surface area contributed by atoms with Gasteiger partial charge in [0.15, 0.2) is 0 Å². The molecule has 5 heteroatoms. The van der Waals surface area contributed by atoms with E-state index < -0.39 is 11.7 Å². The summed E-state index contributed by atoms with van der Waals surface area (Å²) in [5, 5.41) is 1.09. The number of benzene rings is 2. The number of rotatable bonds is 1. The van der Waals surface area contributed by atoms with E-state index in [0.29, 0.717) is 12.1 Å². The van der Waals surface area contributed by atoms with Crippen LogP contribution >= 0.6 is 0 Å². The van der Waals surface area contributed by atoms with E-state index in [1.54, 1.807) is 6.07 Å². The molecule has 0 bridgehead atoms. The number of alkyl halides is 3. The average molecular weight is 342 g/mol. The highest BCUT2D eigenvalue weighted by atomic mass is 19.4. The molecule has 0 spiro atoms. The van der Waals surface area contributed by atoms with Gasteiger partial charge in [0.2, 0.25) is 0 Å². The van der Waals surface area contributed by atoms with Gasteiger partial charge < -0.3 is 9.88 Å². The second kappa shape index (κ2) is 5.41. The Morgan fingerprint density at radius 1 is 1.08 bits per heavy atom. The van der Waals surface area contributed by atoms with E-state index in [-0.39, 0.29) is 0 Å². The Morgan fingerprint density at radius 3 is 2.64 bits per heavy atom. The van der Waals surface area contributed by atoms with Gasteiger partial charge in [-0.05, 0) is 48.4 Å². The number of hydrogen-bond acceptors (Lipinski definition) is 1. The van der Waals surface area contributed by atoms with Gasteiger partial charge in [-0.3, -0.25) is 0 Å². The largest absolute Gasteiger partial charge is 0.416 e. The highest BCUT2D eigenvalue weighted by Gasteiger charge is 2.31. The summed E-state index contributed by atoms with van der Waals surface area (Å²) in [6, 6.07) is 11.7. The van der Waals surface area contributed by atoms with Gasteiger partial charge in [-0.25, -0.2) is 0 Å². The summed E-state index contributed by atoms with van der Waals surface area (Å²) in [4.78, 5) is 5.44. The molecule has 0 fully saturated rings. The van der Waals surface area contributed by atoms with Crippen molar-refractivity contribution in [2.75, 3.05) is 18.5 Å². The van der Waals surface area contributed by atoms with Gasteiger partial charge in [0, 0.05) is 30.1 Å². The van der Waals surface area contributed by atoms with Gasteiger partial charge in [-0.15, -0.1) is 0 Å². The number of fused-ring (bicyclic) bond motifs is 3. The van der Waals surface area contributed by atoms with E-state index in [9.17, 15) is 13.2 Å². The first-order valence-electron chi connectivity index (χ1n) is 8.04. The third-order valence-corrected chi connectivity index (χ3v) is 4.64. The predicted molar refractivity (Wildman–Crippen MR) is 95.6 cm³/mol. The number of halogens is 3. The van der Waals surface area contributed by atoms with Crippen molar-refractivity contribution >= 4 is 28.4 Å². The van der Waals surface area contributed by atoms with E-state index in [1.807, 2.05) is 37.1 Å². The zero-order valence-corrected chi connectivity index (χ0v) is 13.9. The number of nitrogens with one attached hydrogen (secondary N) is 1. The lowest BCUT2D eigenvalue weighted by Crippen LogP contribution is -2.23. The van der Waals surface area contributed by atoms with Crippen LogP contribution in [-0.4, -0.2) is 18.6 Å². The molecule has 0 unspecified atom stereocenters. The highest BCUT2D eigenvalue weighted by molar-refractivity contribution is 6.02. The molecule has 0 amide bonds. The summed E-state index contributed by atoms with van der Waals surface area (Å²) in [5.74, 6) is 0.997. The number of likely N-dealkylation sites (N-methyl/N-ethyl adjacent to an activating group) is 1. The van der Waals surface area contributed by atoms with Gasteiger partial charge in [-0.1, -0.05) is 23.8 Å². The Morgan fingerprint density at radius 2 is 1.88 bits per heavy atom.